The number of hydrogen-bond donors (Lipinski definition) is 0. The Balaban J connectivity index is 2.14. The highest BCUT2D eigenvalue weighted by molar-refractivity contribution is 7.92. The normalized spacial score (nSPS) is 14.8. The highest BCUT2D eigenvalue weighted by atomic mass is 32.2. The minimum atomic E-state index is -3.62. The number of nitrogens with zero attached hydrogens (tertiary/aromatic N) is 1. The van der Waals surface area contributed by atoms with Crippen LogP contribution in [0.15, 0.2) is 60.7 Å². The fourth-order valence-corrected chi connectivity index (χ4v) is 4.42. The van der Waals surface area contributed by atoms with Gasteiger partial charge in [-0.2, -0.15) is 0 Å². The molecule has 0 bridgehead atoms. The number of rotatable bonds is 5. The van der Waals surface area contributed by atoms with E-state index in [-0.39, 0.29) is 5.92 Å². The SMILES string of the molecule is CC(C)(C)OC(=O)c1cc(C2CC=CC2)cc(N(c2ccccc2)S(C)(=O)=O)c1. The minimum absolute atomic E-state index is 0.216. The molecule has 6 heteroatoms. The number of sulfonamides is 1. The van der Waals surface area contributed by atoms with Crippen molar-refractivity contribution in [3.05, 3.63) is 71.8 Å². The van der Waals surface area contributed by atoms with Crippen molar-refractivity contribution in [3.63, 3.8) is 0 Å². The van der Waals surface area contributed by atoms with Crippen LogP contribution in [0.1, 0.15) is 55.5 Å². The van der Waals surface area contributed by atoms with E-state index < -0.39 is 21.6 Å². The second kappa shape index (κ2) is 8.03. The largest absolute Gasteiger partial charge is 0.456 e. The summed E-state index contributed by atoms with van der Waals surface area (Å²) >= 11 is 0. The number of anilines is 2. The smallest absolute Gasteiger partial charge is 0.338 e. The third kappa shape index (κ3) is 5.26. The molecule has 0 radical (unpaired) electrons. The molecule has 3 rings (SSSR count). The van der Waals surface area contributed by atoms with Crippen molar-refractivity contribution in [2.75, 3.05) is 10.6 Å². The quantitative estimate of drug-likeness (QED) is 0.501. The molecule has 0 spiro atoms. The van der Waals surface area contributed by atoms with Crippen LogP contribution in [0, 0.1) is 0 Å². The van der Waals surface area contributed by atoms with Crippen molar-refractivity contribution in [2.24, 2.45) is 0 Å². The summed E-state index contributed by atoms with van der Waals surface area (Å²) in [5.74, 6) is -0.249. The Morgan fingerprint density at radius 3 is 2.17 bits per heavy atom. The summed E-state index contributed by atoms with van der Waals surface area (Å²) in [5, 5.41) is 0. The van der Waals surface area contributed by atoms with E-state index in [0.29, 0.717) is 16.9 Å². The van der Waals surface area contributed by atoms with Gasteiger partial charge in [0.1, 0.15) is 5.60 Å². The Hall–Kier alpha value is -2.60. The van der Waals surface area contributed by atoms with Crippen LogP contribution in [-0.2, 0) is 14.8 Å². The van der Waals surface area contributed by atoms with Crippen LogP contribution in [0.4, 0.5) is 11.4 Å². The van der Waals surface area contributed by atoms with E-state index in [9.17, 15) is 13.2 Å². The molecule has 2 aromatic rings. The number of benzene rings is 2. The predicted octanol–water partition coefficient (Wildman–Crippen LogP) is 5.17. The molecule has 0 saturated heterocycles. The van der Waals surface area contributed by atoms with Gasteiger partial charge in [-0.05, 0) is 75.4 Å². The van der Waals surface area contributed by atoms with Crippen LogP contribution < -0.4 is 4.31 Å². The first-order valence-corrected chi connectivity index (χ1v) is 11.5. The molecule has 0 amide bonds. The summed E-state index contributed by atoms with van der Waals surface area (Å²) in [6, 6.07) is 14.1. The fraction of sp³-hybridized carbons (Fsp3) is 0.348. The van der Waals surface area contributed by atoms with Gasteiger partial charge >= 0.3 is 5.97 Å². The lowest BCUT2D eigenvalue weighted by molar-refractivity contribution is 0.00694. The maximum Gasteiger partial charge on any atom is 0.338 e. The van der Waals surface area contributed by atoms with Gasteiger partial charge in [0.05, 0.1) is 23.2 Å². The number of carbonyl (C=O) groups is 1. The lowest BCUT2D eigenvalue weighted by Gasteiger charge is -2.25. The fourth-order valence-electron chi connectivity index (χ4n) is 3.43. The molecule has 29 heavy (non-hydrogen) atoms. The van der Waals surface area contributed by atoms with Gasteiger partial charge in [0.2, 0.25) is 10.0 Å². The second-order valence-electron chi connectivity index (χ2n) is 8.32. The molecule has 0 N–H and O–H groups in total. The van der Waals surface area contributed by atoms with E-state index in [1.807, 2.05) is 39.0 Å². The lowest BCUT2D eigenvalue weighted by Crippen LogP contribution is -2.26. The monoisotopic (exact) mass is 413 g/mol. The maximum absolute atomic E-state index is 12.8. The molecule has 1 aliphatic carbocycles. The maximum atomic E-state index is 12.8. The average molecular weight is 414 g/mol. The van der Waals surface area contributed by atoms with Gasteiger partial charge in [0, 0.05) is 0 Å². The summed E-state index contributed by atoms with van der Waals surface area (Å²) in [7, 11) is -3.62. The first-order chi connectivity index (χ1) is 13.5. The zero-order valence-electron chi connectivity index (χ0n) is 17.3. The first-order valence-electron chi connectivity index (χ1n) is 9.63. The topological polar surface area (TPSA) is 63.7 Å². The van der Waals surface area contributed by atoms with Crippen molar-refractivity contribution in [2.45, 2.75) is 45.1 Å². The number of ether oxygens (including phenoxy) is 1. The Morgan fingerprint density at radius 1 is 1.00 bits per heavy atom. The Bertz CT molecular complexity index is 1010. The molecule has 0 aromatic heterocycles. The van der Waals surface area contributed by atoms with Gasteiger partial charge in [-0.1, -0.05) is 30.4 Å². The van der Waals surface area contributed by atoms with E-state index in [1.165, 1.54) is 4.31 Å². The minimum Gasteiger partial charge on any atom is -0.456 e. The molecule has 0 saturated carbocycles. The van der Waals surface area contributed by atoms with Gasteiger partial charge in [0.25, 0.3) is 0 Å². The van der Waals surface area contributed by atoms with Crippen LogP contribution in [0.5, 0.6) is 0 Å². The molecule has 2 aromatic carbocycles. The third-order valence-corrected chi connectivity index (χ3v) is 5.70. The molecule has 0 fully saturated rings. The van der Waals surface area contributed by atoms with Gasteiger partial charge in [-0.25, -0.2) is 17.5 Å². The zero-order valence-corrected chi connectivity index (χ0v) is 18.1. The van der Waals surface area contributed by atoms with E-state index in [1.54, 1.807) is 30.3 Å². The summed E-state index contributed by atoms with van der Waals surface area (Å²) in [4.78, 5) is 12.8. The molecule has 5 nitrogen and oxygen atoms in total. The van der Waals surface area contributed by atoms with E-state index in [4.69, 9.17) is 4.74 Å². The molecular formula is C23H27NO4S. The molecule has 0 aliphatic heterocycles. The van der Waals surface area contributed by atoms with Gasteiger partial charge in [-0.3, -0.25) is 0 Å². The van der Waals surface area contributed by atoms with Crippen molar-refractivity contribution in [1.82, 2.24) is 0 Å². The molecule has 0 heterocycles. The molecule has 0 unspecified atom stereocenters. The highest BCUT2D eigenvalue weighted by Gasteiger charge is 2.25. The number of esters is 1. The van der Waals surface area contributed by atoms with Crippen LogP contribution in [0.3, 0.4) is 0 Å². The van der Waals surface area contributed by atoms with Crippen molar-refractivity contribution < 1.29 is 17.9 Å². The average Bonchev–Trinajstić information content (AvgIpc) is 3.14. The van der Waals surface area contributed by atoms with Crippen LogP contribution >= 0.6 is 0 Å². The number of hydrogen-bond acceptors (Lipinski definition) is 4. The zero-order chi connectivity index (χ0) is 21.2. The molecule has 154 valence electrons. The number of allylic oxidation sites excluding steroid dienone is 2. The highest BCUT2D eigenvalue weighted by Crippen LogP contribution is 2.36. The predicted molar refractivity (Wildman–Crippen MR) is 116 cm³/mol. The third-order valence-electron chi connectivity index (χ3n) is 4.61. The lowest BCUT2D eigenvalue weighted by atomic mass is 9.94. The Morgan fingerprint density at radius 2 is 1.62 bits per heavy atom. The van der Waals surface area contributed by atoms with Crippen molar-refractivity contribution in [3.8, 4) is 0 Å². The summed E-state index contributed by atoms with van der Waals surface area (Å²) in [6.45, 7) is 5.43. The molecule has 1 aliphatic rings. The second-order valence-corrected chi connectivity index (χ2v) is 10.1. The van der Waals surface area contributed by atoms with E-state index in [2.05, 4.69) is 12.2 Å². The number of para-hydroxylation sites is 1. The van der Waals surface area contributed by atoms with E-state index >= 15 is 0 Å². The van der Waals surface area contributed by atoms with Gasteiger partial charge in [0.15, 0.2) is 0 Å². The number of carbonyl (C=O) groups excluding carboxylic acids is 1. The van der Waals surface area contributed by atoms with Crippen molar-refractivity contribution >= 4 is 27.4 Å². The summed E-state index contributed by atoms with van der Waals surface area (Å²) in [5.41, 5.74) is 1.59. The van der Waals surface area contributed by atoms with Crippen LogP contribution in [-0.4, -0.2) is 26.2 Å². The van der Waals surface area contributed by atoms with Crippen molar-refractivity contribution in [1.29, 1.82) is 0 Å². The van der Waals surface area contributed by atoms with Crippen LogP contribution in [0.25, 0.3) is 0 Å². The van der Waals surface area contributed by atoms with Gasteiger partial charge < -0.3 is 4.74 Å². The molecule has 0 atom stereocenters. The summed E-state index contributed by atoms with van der Waals surface area (Å²) in [6.07, 6.45) is 7.10. The Labute approximate surface area is 173 Å². The van der Waals surface area contributed by atoms with E-state index in [0.717, 1.165) is 24.7 Å². The summed E-state index contributed by atoms with van der Waals surface area (Å²) < 4.78 is 32.2. The first kappa shape index (κ1) is 21.1. The standard InChI is InChI=1S/C23H27NO4S/c1-23(2,3)28-22(25)19-14-18(17-10-8-9-11-17)15-21(16-19)24(29(4,26)27)20-12-6-5-7-13-20/h5-9,12-17H,10-11H2,1-4H3. The van der Waals surface area contributed by atoms with Crippen LogP contribution in [0.2, 0.25) is 0 Å². The van der Waals surface area contributed by atoms with Gasteiger partial charge in [-0.15, -0.1) is 0 Å². The molecular weight excluding hydrogens is 386 g/mol. The Kier molecular flexibility index (Phi) is 5.85.